The summed E-state index contributed by atoms with van der Waals surface area (Å²) in [6.07, 6.45) is 1.83. The van der Waals surface area contributed by atoms with Crippen LogP contribution in [0.2, 0.25) is 0 Å². The van der Waals surface area contributed by atoms with Crippen molar-refractivity contribution in [1.29, 1.82) is 0 Å². The van der Waals surface area contributed by atoms with Crippen LogP contribution in [0.4, 0.5) is 0 Å². The summed E-state index contributed by atoms with van der Waals surface area (Å²) in [6.45, 7) is 3.08. The van der Waals surface area contributed by atoms with E-state index in [9.17, 15) is 9.59 Å². The second-order valence-corrected chi connectivity index (χ2v) is 7.30. The van der Waals surface area contributed by atoms with Gasteiger partial charge in [-0.25, -0.2) is 9.50 Å². The first kappa shape index (κ1) is 19.0. The van der Waals surface area contributed by atoms with Gasteiger partial charge >= 0.3 is 0 Å². The number of hydrogen-bond acceptors (Lipinski definition) is 5. The predicted molar refractivity (Wildman–Crippen MR) is 108 cm³/mol. The zero-order valence-electron chi connectivity index (χ0n) is 16.8. The van der Waals surface area contributed by atoms with Crippen molar-refractivity contribution in [1.82, 2.24) is 19.5 Å². The summed E-state index contributed by atoms with van der Waals surface area (Å²) >= 11 is 0. The molecule has 8 heteroatoms. The summed E-state index contributed by atoms with van der Waals surface area (Å²) < 4.78 is 12.0. The summed E-state index contributed by atoms with van der Waals surface area (Å²) in [5, 5.41) is 3.16. The minimum absolute atomic E-state index is 0.0436. The molecule has 0 bridgehead atoms. The Morgan fingerprint density at radius 3 is 2.72 bits per heavy atom. The Bertz CT molecular complexity index is 1120. The topological polar surface area (TPSA) is 88.9 Å². The first-order chi connectivity index (χ1) is 14.0. The van der Waals surface area contributed by atoms with Gasteiger partial charge in [-0.1, -0.05) is 0 Å². The van der Waals surface area contributed by atoms with Crippen molar-refractivity contribution < 1.29 is 14.3 Å². The monoisotopic (exact) mass is 396 g/mol. The number of fused-ring (bicyclic) bond motifs is 1. The number of nitrogens with one attached hydrogen (secondary N) is 1. The molecule has 0 aliphatic carbocycles. The van der Waals surface area contributed by atoms with Gasteiger partial charge in [-0.2, -0.15) is 0 Å². The third kappa shape index (κ3) is 3.57. The lowest BCUT2D eigenvalue weighted by molar-refractivity contribution is 0.0705. The van der Waals surface area contributed by atoms with Crippen molar-refractivity contribution in [3.63, 3.8) is 0 Å². The molecule has 1 aliphatic heterocycles. The Kier molecular flexibility index (Phi) is 5.00. The molecule has 1 N–H and O–H groups in total. The first-order valence-corrected chi connectivity index (χ1v) is 9.60. The maximum atomic E-state index is 13.1. The van der Waals surface area contributed by atoms with Crippen molar-refractivity contribution >= 4 is 11.6 Å². The van der Waals surface area contributed by atoms with E-state index in [1.807, 2.05) is 11.0 Å². The molecule has 8 nitrogen and oxygen atoms in total. The highest BCUT2D eigenvalue weighted by Crippen LogP contribution is 2.30. The summed E-state index contributed by atoms with van der Waals surface area (Å²) in [4.78, 5) is 31.5. The third-order valence-electron chi connectivity index (χ3n) is 5.38. The molecule has 1 saturated heterocycles. The lowest BCUT2D eigenvalue weighted by atomic mass is 9.94. The first-order valence-electron chi connectivity index (χ1n) is 9.60. The molecular formula is C21H24N4O4. The van der Waals surface area contributed by atoms with Crippen molar-refractivity contribution in [2.75, 3.05) is 27.3 Å². The van der Waals surface area contributed by atoms with Gasteiger partial charge in [0.1, 0.15) is 0 Å². The van der Waals surface area contributed by atoms with Crippen molar-refractivity contribution in [2.24, 2.45) is 0 Å². The number of amides is 1. The van der Waals surface area contributed by atoms with Gasteiger partial charge in [0, 0.05) is 48.1 Å². The van der Waals surface area contributed by atoms with E-state index in [4.69, 9.17) is 9.47 Å². The molecule has 1 fully saturated rings. The Labute approximate surface area is 168 Å². The van der Waals surface area contributed by atoms with E-state index in [2.05, 4.69) is 10.1 Å². The summed E-state index contributed by atoms with van der Waals surface area (Å²) in [7, 11) is 3.12. The van der Waals surface area contributed by atoms with Gasteiger partial charge in [0.05, 0.1) is 14.2 Å². The SMILES string of the molecule is COc1ccc(C(=O)N2CCC[C@H](c3cc4nc(C)cc(=O)n4[nH]3)C2)cc1OC. The highest BCUT2D eigenvalue weighted by molar-refractivity contribution is 5.95. The van der Waals surface area contributed by atoms with Crippen LogP contribution in [0, 0.1) is 6.92 Å². The lowest BCUT2D eigenvalue weighted by Crippen LogP contribution is -2.39. The Morgan fingerprint density at radius 2 is 1.97 bits per heavy atom. The van der Waals surface area contributed by atoms with Crippen LogP contribution >= 0.6 is 0 Å². The fraction of sp³-hybridized carbons (Fsp3) is 0.381. The standard InChI is InChI=1S/C21H24N4O4/c1-13-9-20(26)25-19(22-13)11-16(23-25)15-5-4-8-24(12-15)21(27)14-6-7-17(28-2)18(10-14)29-3/h6-7,9-11,15,23H,4-5,8,12H2,1-3H3/t15-/m0/s1. The second kappa shape index (κ2) is 7.62. The number of carbonyl (C=O) groups excluding carboxylic acids is 1. The number of piperidine rings is 1. The van der Waals surface area contributed by atoms with Crippen molar-refractivity contribution in [3.8, 4) is 11.5 Å². The van der Waals surface area contributed by atoms with E-state index in [-0.39, 0.29) is 17.4 Å². The Balaban J connectivity index is 1.58. The van der Waals surface area contributed by atoms with Gasteiger partial charge < -0.3 is 14.4 Å². The van der Waals surface area contributed by atoms with Crippen molar-refractivity contribution in [2.45, 2.75) is 25.7 Å². The van der Waals surface area contributed by atoms with Crippen LogP contribution in [0.5, 0.6) is 11.5 Å². The van der Waals surface area contributed by atoms with Gasteiger partial charge in [-0.15, -0.1) is 0 Å². The summed E-state index contributed by atoms with van der Waals surface area (Å²) in [5.41, 5.74) is 2.65. The van der Waals surface area contributed by atoms with Gasteiger partial charge in [-0.3, -0.25) is 14.7 Å². The number of likely N-dealkylation sites (tertiary alicyclic amines) is 1. The van der Waals surface area contributed by atoms with Crippen LogP contribution in [0.3, 0.4) is 0 Å². The number of methoxy groups -OCH3 is 2. The van der Waals surface area contributed by atoms with E-state index in [1.54, 1.807) is 39.3 Å². The summed E-state index contributed by atoms with van der Waals surface area (Å²) in [6, 6.07) is 8.61. The maximum absolute atomic E-state index is 13.1. The average Bonchev–Trinajstić information content (AvgIpc) is 3.17. The van der Waals surface area contributed by atoms with E-state index < -0.39 is 0 Å². The number of aromatic nitrogens is 3. The molecule has 29 heavy (non-hydrogen) atoms. The van der Waals surface area contributed by atoms with Crippen LogP contribution in [-0.2, 0) is 0 Å². The third-order valence-corrected chi connectivity index (χ3v) is 5.38. The molecule has 4 rings (SSSR count). The predicted octanol–water partition coefficient (Wildman–Crippen LogP) is 2.37. The lowest BCUT2D eigenvalue weighted by Gasteiger charge is -2.32. The molecule has 1 aromatic carbocycles. The number of aryl methyl sites for hydroxylation is 1. The highest BCUT2D eigenvalue weighted by atomic mass is 16.5. The minimum Gasteiger partial charge on any atom is -0.493 e. The number of hydrogen-bond donors (Lipinski definition) is 1. The largest absolute Gasteiger partial charge is 0.493 e. The molecule has 3 aromatic rings. The molecule has 1 aliphatic rings. The number of nitrogens with zero attached hydrogens (tertiary/aromatic N) is 3. The molecular weight excluding hydrogens is 372 g/mol. The number of rotatable bonds is 4. The van der Waals surface area contributed by atoms with Crippen LogP contribution < -0.4 is 15.0 Å². The van der Waals surface area contributed by atoms with Gasteiger partial charge in [0.25, 0.3) is 11.5 Å². The average molecular weight is 396 g/mol. The number of aromatic amines is 1. The number of H-pyrrole nitrogens is 1. The second-order valence-electron chi connectivity index (χ2n) is 7.30. The summed E-state index contributed by atoms with van der Waals surface area (Å²) in [5.74, 6) is 1.20. The number of ether oxygens (including phenoxy) is 2. The molecule has 0 radical (unpaired) electrons. The normalized spacial score (nSPS) is 16.8. The van der Waals surface area contributed by atoms with E-state index in [1.165, 1.54) is 10.6 Å². The molecule has 1 atom stereocenters. The van der Waals surface area contributed by atoms with Crippen molar-refractivity contribution in [3.05, 3.63) is 57.6 Å². The quantitative estimate of drug-likeness (QED) is 0.731. The highest BCUT2D eigenvalue weighted by Gasteiger charge is 2.27. The van der Waals surface area contributed by atoms with Gasteiger partial charge in [-0.05, 0) is 38.0 Å². The fourth-order valence-corrected chi connectivity index (χ4v) is 3.91. The smallest absolute Gasteiger partial charge is 0.272 e. The molecule has 1 amide bonds. The minimum atomic E-state index is -0.132. The fourth-order valence-electron chi connectivity index (χ4n) is 3.91. The van der Waals surface area contributed by atoms with Crippen LogP contribution in [0.15, 0.2) is 35.1 Å². The Morgan fingerprint density at radius 1 is 1.17 bits per heavy atom. The maximum Gasteiger partial charge on any atom is 0.272 e. The molecule has 0 spiro atoms. The van der Waals surface area contributed by atoms with E-state index in [0.717, 1.165) is 18.5 Å². The zero-order chi connectivity index (χ0) is 20.5. The Hall–Kier alpha value is -3.29. The van der Waals surface area contributed by atoms with Crippen LogP contribution in [0.1, 0.15) is 40.5 Å². The molecule has 0 saturated carbocycles. The zero-order valence-corrected chi connectivity index (χ0v) is 16.8. The molecule has 2 aromatic heterocycles. The van der Waals surface area contributed by atoms with Crippen LogP contribution in [0.25, 0.3) is 5.65 Å². The van der Waals surface area contributed by atoms with E-state index in [0.29, 0.717) is 41.5 Å². The van der Waals surface area contributed by atoms with Crippen LogP contribution in [-0.4, -0.2) is 52.7 Å². The van der Waals surface area contributed by atoms with E-state index >= 15 is 0 Å². The molecule has 152 valence electrons. The number of benzene rings is 1. The molecule has 3 heterocycles. The van der Waals surface area contributed by atoms with Gasteiger partial charge in [0.15, 0.2) is 17.1 Å². The van der Waals surface area contributed by atoms with Gasteiger partial charge in [0.2, 0.25) is 0 Å². The molecule has 0 unspecified atom stereocenters. The number of carbonyl (C=O) groups is 1.